The van der Waals surface area contributed by atoms with E-state index in [1.807, 2.05) is 13.8 Å². The van der Waals surface area contributed by atoms with Crippen molar-refractivity contribution in [2.24, 2.45) is 5.41 Å². The molecule has 1 aliphatic rings. The van der Waals surface area contributed by atoms with Crippen LogP contribution >= 0.6 is 0 Å². The maximum atomic E-state index is 10.0. The van der Waals surface area contributed by atoms with Crippen molar-refractivity contribution < 1.29 is 9.84 Å². The molecule has 1 saturated heterocycles. The minimum Gasteiger partial charge on any atom is -0.389 e. The molecule has 0 amide bonds. The first-order valence-corrected chi connectivity index (χ1v) is 7.64. The summed E-state index contributed by atoms with van der Waals surface area (Å²) in [6.07, 6.45) is 2.28. The molecule has 0 saturated carbocycles. The quantitative estimate of drug-likeness (QED) is 0.624. The highest BCUT2D eigenvalue weighted by Crippen LogP contribution is 2.29. The molecule has 114 valence electrons. The number of aliphatic hydroxyl groups is 1. The van der Waals surface area contributed by atoms with Crippen LogP contribution in [0.2, 0.25) is 0 Å². The Morgan fingerprint density at radius 3 is 2.58 bits per heavy atom. The molecule has 1 heterocycles. The Labute approximate surface area is 118 Å². The van der Waals surface area contributed by atoms with Crippen molar-refractivity contribution in [2.45, 2.75) is 46.1 Å². The number of hydrogen-bond acceptors (Lipinski definition) is 4. The van der Waals surface area contributed by atoms with Crippen LogP contribution in [0, 0.1) is 5.41 Å². The molecular weight excluding hydrogens is 240 g/mol. The molecule has 1 fully saturated rings. The third-order valence-corrected chi connectivity index (χ3v) is 3.73. The zero-order valence-electron chi connectivity index (χ0n) is 13.2. The van der Waals surface area contributed by atoms with E-state index in [0.717, 1.165) is 58.8 Å². The van der Waals surface area contributed by atoms with Gasteiger partial charge in [0.15, 0.2) is 0 Å². The van der Waals surface area contributed by atoms with E-state index in [4.69, 9.17) is 4.74 Å². The van der Waals surface area contributed by atoms with Crippen molar-refractivity contribution >= 4 is 0 Å². The highest BCUT2D eigenvalue weighted by atomic mass is 16.5. The monoisotopic (exact) mass is 272 g/mol. The predicted molar refractivity (Wildman–Crippen MR) is 79.4 cm³/mol. The Kier molecular flexibility index (Phi) is 6.74. The van der Waals surface area contributed by atoms with Crippen molar-refractivity contribution in [3.05, 3.63) is 0 Å². The van der Waals surface area contributed by atoms with Crippen molar-refractivity contribution in [3.63, 3.8) is 0 Å². The van der Waals surface area contributed by atoms with Gasteiger partial charge in [-0.1, -0.05) is 13.8 Å². The first-order valence-electron chi connectivity index (χ1n) is 7.64. The van der Waals surface area contributed by atoms with Gasteiger partial charge in [0, 0.05) is 31.7 Å². The Balaban J connectivity index is 2.55. The lowest BCUT2D eigenvalue weighted by molar-refractivity contribution is 0.0191. The van der Waals surface area contributed by atoms with Crippen molar-refractivity contribution in [1.82, 2.24) is 10.2 Å². The second-order valence-electron chi connectivity index (χ2n) is 6.60. The van der Waals surface area contributed by atoms with Crippen molar-refractivity contribution in [3.8, 4) is 0 Å². The molecule has 0 spiro atoms. The van der Waals surface area contributed by atoms with Gasteiger partial charge < -0.3 is 20.1 Å². The molecule has 19 heavy (non-hydrogen) atoms. The van der Waals surface area contributed by atoms with Gasteiger partial charge in [0.05, 0.1) is 12.2 Å². The maximum Gasteiger partial charge on any atom is 0.0718 e. The summed E-state index contributed by atoms with van der Waals surface area (Å²) in [4.78, 5) is 2.35. The van der Waals surface area contributed by atoms with Crippen LogP contribution < -0.4 is 5.32 Å². The summed E-state index contributed by atoms with van der Waals surface area (Å²) in [6, 6.07) is 0. The van der Waals surface area contributed by atoms with Crippen molar-refractivity contribution in [2.75, 3.05) is 45.9 Å². The Morgan fingerprint density at radius 2 is 2.11 bits per heavy atom. The fourth-order valence-corrected chi connectivity index (χ4v) is 2.80. The first kappa shape index (κ1) is 16.9. The number of likely N-dealkylation sites (N-methyl/N-ethyl adjacent to an activating group) is 1. The van der Waals surface area contributed by atoms with Crippen LogP contribution in [0.4, 0.5) is 0 Å². The second kappa shape index (κ2) is 7.58. The van der Waals surface area contributed by atoms with Gasteiger partial charge in [0.25, 0.3) is 0 Å². The summed E-state index contributed by atoms with van der Waals surface area (Å²) >= 11 is 0. The van der Waals surface area contributed by atoms with E-state index in [9.17, 15) is 5.11 Å². The van der Waals surface area contributed by atoms with Crippen LogP contribution in [-0.4, -0.2) is 61.5 Å². The average molecular weight is 272 g/mol. The summed E-state index contributed by atoms with van der Waals surface area (Å²) in [5, 5.41) is 13.5. The van der Waals surface area contributed by atoms with E-state index >= 15 is 0 Å². The zero-order chi connectivity index (χ0) is 14.4. The number of rotatable bonds is 9. The highest BCUT2D eigenvalue weighted by Gasteiger charge is 2.36. The topological polar surface area (TPSA) is 44.7 Å². The fourth-order valence-electron chi connectivity index (χ4n) is 2.80. The first-order chi connectivity index (χ1) is 8.91. The summed E-state index contributed by atoms with van der Waals surface area (Å²) < 4.78 is 5.64. The van der Waals surface area contributed by atoms with Gasteiger partial charge in [0.1, 0.15) is 0 Å². The summed E-state index contributed by atoms with van der Waals surface area (Å²) in [5.41, 5.74) is -0.413. The highest BCUT2D eigenvalue weighted by molar-refractivity contribution is 4.89. The van der Waals surface area contributed by atoms with Crippen LogP contribution in [0.1, 0.15) is 40.5 Å². The van der Waals surface area contributed by atoms with Gasteiger partial charge in [-0.2, -0.15) is 0 Å². The summed E-state index contributed by atoms with van der Waals surface area (Å²) in [7, 11) is 0. The van der Waals surface area contributed by atoms with Crippen LogP contribution in [0.15, 0.2) is 0 Å². The SMILES string of the molecule is CCCNCC1(CN(CC)CC(C)(C)O)CCOC1. The van der Waals surface area contributed by atoms with Gasteiger partial charge in [0.2, 0.25) is 0 Å². The molecule has 0 aromatic heterocycles. The van der Waals surface area contributed by atoms with E-state index in [-0.39, 0.29) is 5.41 Å². The van der Waals surface area contributed by atoms with Crippen LogP contribution in [-0.2, 0) is 4.74 Å². The average Bonchev–Trinajstić information content (AvgIpc) is 2.76. The van der Waals surface area contributed by atoms with E-state index in [1.54, 1.807) is 0 Å². The van der Waals surface area contributed by atoms with Crippen LogP contribution in [0.3, 0.4) is 0 Å². The summed E-state index contributed by atoms with van der Waals surface area (Å²) in [6.45, 7) is 14.6. The number of ether oxygens (including phenoxy) is 1. The third kappa shape index (κ3) is 6.21. The Bertz CT molecular complexity index is 245. The standard InChI is InChI=1S/C15H32N2O2/c1-5-8-16-10-15(7-9-19-13-15)12-17(6-2)11-14(3,4)18/h16,18H,5-13H2,1-4H3. The third-order valence-electron chi connectivity index (χ3n) is 3.73. The summed E-state index contributed by atoms with van der Waals surface area (Å²) in [5.74, 6) is 0. The minimum absolute atomic E-state index is 0.219. The molecule has 0 radical (unpaired) electrons. The zero-order valence-corrected chi connectivity index (χ0v) is 13.2. The minimum atomic E-state index is -0.631. The molecule has 1 unspecified atom stereocenters. The molecule has 2 N–H and O–H groups in total. The van der Waals surface area contributed by atoms with Gasteiger partial charge >= 0.3 is 0 Å². The molecule has 0 bridgehead atoms. The van der Waals surface area contributed by atoms with Crippen molar-refractivity contribution in [1.29, 1.82) is 0 Å². The molecule has 4 nitrogen and oxygen atoms in total. The maximum absolute atomic E-state index is 10.0. The van der Waals surface area contributed by atoms with E-state index in [2.05, 4.69) is 24.1 Å². The lowest BCUT2D eigenvalue weighted by Crippen LogP contribution is -2.48. The molecule has 1 rings (SSSR count). The van der Waals surface area contributed by atoms with Gasteiger partial charge in [-0.15, -0.1) is 0 Å². The fraction of sp³-hybridized carbons (Fsp3) is 1.00. The predicted octanol–water partition coefficient (Wildman–Crippen LogP) is 1.49. The number of nitrogens with one attached hydrogen (secondary N) is 1. The molecule has 1 aliphatic heterocycles. The lowest BCUT2D eigenvalue weighted by atomic mass is 9.86. The van der Waals surface area contributed by atoms with Gasteiger partial charge in [-0.05, 0) is 39.8 Å². The Morgan fingerprint density at radius 1 is 1.37 bits per heavy atom. The van der Waals surface area contributed by atoms with E-state index in [1.165, 1.54) is 0 Å². The molecule has 0 aromatic rings. The Hall–Kier alpha value is -0.160. The lowest BCUT2D eigenvalue weighted by Gasteiger charge is -2.36. The molecule has 0 aromatic carbocycles. The van der Waals surface area contributed by atoms with E-state index < -0.39 is 5.60 Å². The van der Waals surface area contributed by atoms with E-state index in [0.29, 0.717) is 0 Å². The number of hydrogen-bond donors (Lipinski definition) is 2. The number of nitrogens with zero attached hydrogens (tertiary/aromatic N) is 1. The molecule has 1 atom stereocenters. The van der Waals surface area contributed by atoms with Gasteiger partial charge in [-0.3, -0.25) is 0 Å². The molecular formula is C15H32N2O2. The van der Waals surface area contributed by atoms with Crippen LogP contribution in [0.5, 0.6) is 0 Å². The van der Waals surface area contributed by atoms with Crippen LogP contribution in [0.25, 0.3) is 0 Å². The van der Waals surface area contributed by atoms with Gasteiger partial charge in [-0.25, -0.2) is 0 Å². The second-order valence-corrected chi connectivity index (χ2v) is 6.60. The largest absolute Gasteiger partial charge is 0.389 e. The normalized spacial score (nSPS) is 24.3. The molecule has 0 aliphatic carbocycles. The molecule has 4 heteroatoms. The smallest absolute Gasteiger partial charge is 0.0718 e.